The fourth-order valence-corrected chi connectivity index (χ4v) is 5.36. The van der Waals surface area contributed by atoms with E-state index in [1.54, 1.807) is 43.3 Å². The monoisotopic (exact) mass is 423 g/mol. The van der Waals surface area contributed by atoms with Gasteiger partial charge in [0, 0.05) is 32.2 Å². The number of nitro groups is 1. The van der Waals surface area contributed by atoms with Crippen molar-refractivity contribution in [1.29, 1.82) is 0 Å². The van der Waals surface area contributed by atoms with E-state index in [0.29, 0.717) is 16.3 Å². The van der Waals surface area contributed by atoms with Crippen LogP contribution in [0.5, 0.6) is 11.5 Å². The molecule has 28 heavy (non-hydrogen) atoms. The lowest BCUT2D eigenvalue weighted by atomic mass is 10.1. The largest absolute Gasteiger partial charge is 0.449 e. The van der Waals surface area contributed by atoms with Crippen molar-refractivity contribution >= 4 is 25.0 Å². The molecule has 0 spiro atoms. The minimum atomic E-state index is -3.01. The maximum atomic E-state index is 13.2. The normalized spacial score (nSPS) is 17.9. The lowest BCUT2D eigenvalue weighted by molar-refractivity contribution is -0.385. The van der Waals surface area contributed by atoms with Crippen LogP contribution in [-0.4, -0.2) is 40.4 Å². The molecule has 148 valence electrons. The molecule has 4 rings (SSSR count). The third-order valence-electron chi connectivity index (χ3n) is 4.56. The molecule has 0 N–H and O–H groups in total. The van der Waals surface area contributed by atoms with Crippen molar-refractivity contribution in [1.82, 2.24) is 9.34 Å². The summed E-state index contributed by atoms with van der Waals surface area (Å²) in [5.74, 6) is 0.371. The summed E-state index contributed by atoms with van der Waals surface area (Å²) in [5.41, 5.74) is 0.451. The lowest BCUT2D eigenvalue weighted by Gasteiger charge is -2.24. The van der Waals surface area contributed by atoms with Crippen LogP contribution in [0, 0.1) is 10.1 Å². The zero-order valence-corrected chi connectivity index (χ0v) is 16.8. The predicted molar refractivity (Wildman–Crippen MR) is 105 cm³/mol. The van der Waals surface area contributed by atoms with Gasteiger partial charge in [0.05, 0.1) is 16.0 Å². The molecule has 0 aliphatic carbocycles. The molecule has 0 saturated carbocycles. The Morgan fingerprint density at radius 1 is 1.11 bits per heavy atom. The van der Waals surface area contributed by atoms with Crippen molar-refractivity contribution in [3.05, 3.63) is 63.2 Å². The molecule has 1 atom stereocenters. The Bertz CT molecular complexity index is 948. The molecule has 2 aliphatic heterocycles. The molecule has 2 heterocycles. The Kier molecular flexibility index (Phi) is 5.16. The first-order valence-electron chi connectivity index (χ1n) is 8.88. The number of nitrogens with zero attached hydrogens (tertiary/aromatic N) is 3. The highest BCUT2D eigenvalue weighted by atomic mass is 35.5. The van der Waals surface area contributed by atoms with Crippen LogP contribution in [-0.2, 0) is 9.09 Å². The average Bonchev–Trinajstić information content (AvgIpc) is 3.56. The van der Waals surface area contributed by atoms with Gasteiger partial charge in [-0.2, -0.15) is 0 Å². The topological polar surface area (TPSA) is 84.7 Å². The van der Waals surface area contributed by atoms with Crippen molar-refractivity contribution in [3.63, 3.8) is 0 Å². The number of nitro benzene ring substituents is 1. The molecule has 1 unspecified atom stereocenters. The molecule has 2 saturated heterocycles. The number of halogens is 1. The lowest BCUT2D eigenvalue weighted by Crippen LogP contribution is -2.10. The Labute approximate surface area is 167 Å². The van der Waals surface area contributed by atoms with E-state index in [4.69, 9.17) is 20.9 Å². The van der Waals surface area contributed by atoms with Gasteiger partial charge in [-0.15, -0.1) is 0 Å². The smallest absolute Gasteiger partial charge is 0.346 e. The second-order valence-electron chi connectivity index (χ2n) is 6.66. The van der Waals surface area contributed by atoms with Crippen LogP contribution in [0.3, 0.4) is 0 Å². The quantitative estimate of drug-likeness (QED) is 0.259. The van der Waals surface area contributed by atoms with Crippen molar-refractivity contribution in [2.75, 3.05) is 26.2 Å². The Morgan fingerprint density at radius 2 is 1.75 bits per heavy atom. The molecule has 10 heteroatoms. The number of rotatable bonds is 8. The maximum absolute atomic E-state index is 13.2. The minimum Gasteiger partial charge on any atom is -0.449 e. The average molecular weight is 424 g/mol. The summed E-state index contributed by atoms with van der Waals surface area (Å²) < 4.78 is 28.5. The molecular formula is C18H19ClN3O5P. The van der Waals surface area contributed by atoms with Gasteiger partial charge in [0.2, 0.25) is 5.75 Å². The first kappa shape index (κ1) is 19.4. The molecule has 0 amide bonds. The van der Waals surface area contributed by atoms with Crippen LogP contribution in [0.4, 0.5) is 5.69 Å². The highest BCUT2D eigenvalue weighted by Gasteiger charge is 2.50. The molecule has 2 aromatic carbocycles. The number of ether oxygens (including phenoxy) is 1. The van der Waals surface area contributed by atoms with Crippen LogP contribution in [0.2, 0.25) is 5.02 Å². The van der Waals surface area contributed by atoms with Gasteiger partial charge in [-0.3, -0.25) is 19.2 Å². The summed E-state index contributed by atoms with van der Waals surface area (Å²) >= 11 is 6.11. The minimum absolute atomic E-state index is 0.0549. The molecule has 2 aliphatic rings. The van der Waals surface area contributed by atoms with E-state index in [-0.39, 0.29) is 11.4 Å². The van der Waals surface area contributed by atoms with Crippen LogP contribution in [0.25, 0.3) is 0 Å². The van der Waals surface area contributed by atoms with Crippen molar-refractivity contribution < 1.29 is 18.7 Å². The summed E-state index contributed by atoms with van der Waals surface area (Å²) in [7, 11) is -3.01. The van der Waals surface area contributed by atoms with Gasteiger partial charge < -0.3 is 4.74 Å². The Balaban J connectivity index is 1.61. The fourth-order valence-electron chi connectivity index (χ4n) is 2.84. The van der Waals surface area contributed by atoms with Crippen LogP contribution >= 0.6 is 19.3 Å². The van der Waals surface area contributed by atoms with E-state index in [9.17, 15) is 14.7 Å². The third kappa shape index (κ3) is 3.92. The molecular weight excluding hydrogens is 405 g/mol. The molecule has 8 nitrogen and oxygen atoms in total. The van der Waals surface area contributed by atoms with Gasteiger partial charge in [-0.25, -0.2) is 9.34 Å². The molecule has 2 fully saturated rings. The van der Waals surface area contributed by atoms with E-state index >= 15 is 0 Å². The van der Waals surface area contributed by atoms with Gasteiger partial charge >= 0.3 is 13.4 Å². The Morgan fingerprint density at radius 3 is 2.32 bits per heavy atom. The van der Waals surface area contributed by atoms with Crippen LogP contribution in [0.15, 0.2) is 42.5 Å². The van der Waals surface area contributed by atoms with Crippen LogP contribution in [0.1, 0.15) is 18.6 Å². The van der Waals surface area contributed by atoms with Crippen molar-refractivity contribution in [2.24, 2.45) is 0 Å². The van der Waals surface area contributed by atoms with E-state index in [2.05, 4.69) is 0 Å². The number of para-hydroxylation sites is 1. The maximum Gasteiger partial charge on any atom is 0.346 e. The molecule has 2 aromatic rings. The Hall–Kier alpha value is -1.96. The van der Waals surface area contributed by atoms with E-state index < -0.39 is 18.7 Å². The molecule has 0 radical (unpaired) electrons. The van der Waals surface area contributed by atoms with Gasteiger partial charge in [0.1, 0.15) is 5.75 Å². The number of hydrogen-bond donors (Lipinski definition) is 0. The summed E-state index contributed by atoms with van der Waals surface area (Å²) in [5, 5.41) is 11.8. The van der Waals surface area contributed by atoms with E-state index in [1.165, 1.54) is 6.07 Å². The van der Waals surface area contributed by atoms with Crippen molar-refractivity contribution in [2.45, 2.75) is 13.0 Å². The first-order valence-corrected chi connectivity index (χ1v) is 10.8. The standard InChI is InChI=1S/C18H19ClN3O5P/c1-13(27-28(25,20-8-9-20)21-10-11-21)14-6-7-16(22(23)24)18(12-14)26-17-5-3-2-4-15(17)19/h2-7,12-13H,8-11H2,1H3. The molecule has 0 bridgehead atoms. The van der Waals surface area contributed by atoms with Gasteiger partial charge in [-0.1, -0.05) is 23.7 Å². The second-order valence-corrected chi connectivity index (χ2v) is 9.39. The summed E-state index contributed by atoms with van der Waals surface area (Å²) in [4.78, 5) is 10.9. The van der Waals surface area contributed by atoms with E-state index in [0.717, 1.165) is 26.2 Å². The molecule has 0 aromatic heterocycles. The zero-order chi connectivity index (χ0) is 19.9. The summed E-state index contributed by atoms with van der Waals surface area (Å²) in [6.07, 6.45) is -0.526. The first-order chi connectivity index (χ1) is 13.4. The van der Waals surface area contributed by atoms with Crippen LogP contribution < -0.4 is 4.74 Å². The van der Waals surface area contributed by atoms with Gasteiger partial charge in [0.25, 0.3) is 0 Å². The third-order valence-corrected chi connectivity index (χ3v) is 7.70. The van der Waals surface area contributed by atoms with E-state index in [1.807, 2.05) is 9.34 Å². The second kappa shape index (κ2) is 7.46. The fraction of sp³-hybridized carbons (Fsp3) is 0.333. The van der Waals surface area contributed by atoms with Gasteiger partial charge in [0.15, 0.2) is 0 Å². The number of hydrogen-bond acceptors (Lipinski definition) is 5. The number of benzene rings is 2. The SMILES string of the molecule is CC(OP(=O)(N1CC1)N1CC1)c1ccc([N+](=O)[O-])c(Oc2ccccc2Cl)c1. The highest BCUT2D eigenvalue weighted by molar-refractivity contribution is 7.54. The van der Waals surface area contributed by atoms with Gasteiger partial charge in [-0.05, 0) is 36.8 Å². The zero-order valence-electron chi connectivity index (χ0n) is 15.2. The summed E-state index contributed by atoms with van der Waals surface area (Å²) in [6.45, 7) is 4.78. The highest BCUT2D eigenvalue weighted by Crippen LogP contribution is 2.63. The summed E-state index contributed by atoms with van der Waals surface area (Å²) in [6, 6.07) is 11.2. The predicted octanol–water partition coefficient (Wildman–Crippen LogP) is 4.86. The van der Waals surface area contributed by atoms with Crippen molar-refractivity contribution in [3.8, 4) is 11.5 Å².